The average molecular weight is 459 g/mol. The number of halogens is 1. The molecular formula is C26H22FN3O4. The number of para-hydroxylation sites is 1. The fourth-order valence-corrected chi connectivity index (χ4v) is 3.52. The fourth-order valence-electron chi connectivity index (χ4n) is 3.52. The Kier molecular flexibility index (Phi) is 6.49. The molecule has 1 aromatic heterocycles. The number of ether oxygens (including phenoxy) is 1. The summed E-state index contributed by atoms with van der Waals surface area (Å²) in [5.41, 5.74) is 0.740. The number of aromatic nitrogens is 2. The van der Waals surface area contributed by atoms with Crippen LogP contribution in [0.4, 0.5) is 4.39 Å². The Balaban J connectivity index is 1.59. The molecule has 0 aliphatic carbocycles. The van der Waals surface area contributed by atoms with E-state index in [4.69, 9.17) is 4.74 Å². The second-order valence-corrected chi connectivity index (χ2v) is 7.78. The molecule has 7 nitrogen and oxygen atoms in total. The second-order valence-electron chi connectivity index (χ2n) is 7.78. The molecule has 4 rings (SSSR count). The summed E-state index contributed by atoms with van der Waals surface area (Å²) in [6.45, 7) is 3.19. The van der Waals surface area contributed by atoms with E-state index >= 15 is 0 Å². The molecular weight excluding hydrogens is 437 g/mol. The summed E-state index contributed by atoms with van der Waals surface area (Å²) in [7, 11) is 0. The molecule has 0 saturated carbocycles. The van der Waals surface area contributed by atoms with E-state index in [0.717, 1.165) is 4.68 Å². The molecule has 1 amide bonds. The maximum Gasteiger partial charge on any atom is 0.360 e. The van der Waals surface area contributed by atoms with Gasteiger partial charge in [0.1, 0.15) is 5.82 Å². The predicted octanol–water partition coefficient (Wildman–Crippen LogP) is 3.95. The molecule has 0 saturated heterocycles. The molecule has 1 heterocycles. The number of benzene rings is 3. The number of rotatable bonds is 6. The van der Waals surface area contributed by atoms with Crippen molar-refractivity contribution in [1.29, 1.82) is 0 Å². The average Bonchev–Trinajstić information content (AvgIpc) is 2.85. The molecule has 4 aromatic rings. The maximum atomic E-state index is 13.1. The first-order chi connectivity index (χ1) is 16.3. The first-order valence-corrected chi connectivity index (χ1v) is 10.7. The molecule has 1 N–H and O–H groups in total. The molecule has 0 aliphatic heterocycles. The van der Waals surface area contributed by atoms with Crippen molar-refractivity contribution in [2.45, 2.75) is 26.0 Å². The molecule has 2 atom stereocenters. The van der Waals surface area contributed by atoms with Crippen LogP contribution in [-0.4, -0.2) is 27.8 Å². The number of hydrogen-bond acceptors (Lipinski definition) is 5. The Morgan fingerprint density at radius 3 is 2.21 bits per heavy atom. The van der Waals surface area contributed by atoms with Gasteiger partial charge in [0.25, 0.3) is 11.5 Å². The number of hydrogen-bond donors (Lipinski definition) is 1. The highest BCUT2D eigenvalue weighted by atomic mass is 19.1. The minimum atomic E-state index is -1.13. The Bertz CT molecular complexity index is 1400. The van der Waals surface area contributed by atoms with Crippen LogP contribution in [0.5, 0.6) is 0 Å². The third kappa shape index (κ3) is 4.71. The molecule has 8 heteroatoms. The summed E-state index contributed by atoms with van der Waals surface area (Å²) in [5, 5.41) is 7.64. The van der Waals surface area contributed by atoms with Crippen molar-refractivity contribution in [2.75, 3.05) is 0 Å². The standard InChI is InChI=1S/C26H22FN3O4/c1-16(18-12-14-19(27)15-13-18)28-24(31)17(2)34-26(33)23-21-10-6-7-11-22(21)25(32)30(29-23)20-8-4-3-5-9-20/h3-17H,1-2H3,(H,28,31)/t16-,17+/m0/s1. The lowest BCUT2D eigenvalue weighted by Gasteiger charge is -2.18. The van der Waals surface area contributed by atoms with Crippen molar-refractivity contribution >= 4 is 22.6 Å². The highest BCUT2D eigenvalue weighted by Gasteiger charge is 2.24. The SMILES string of the molecule is C[C@H](NC(=O)[C@@H](C)OC(=O)c1nn(-c2ccccc2)c(=O)c2ccccc12)c1ccc(F)cc1. The van der Waals surface area contributed by atoms with Gasteiger partial charge in [0.2, 0.25) is 0 Å². The molecule has 34 heavy (non-hydrogen) atoms. The van der Waals surface area contributed by atoms with Gasteiger partial charge in [0.05, 0.1) is 17.1 Å². The molecule has 0 fully saturated rings. The summed E-state index contributed by atoms with van der Waals surface area (Å²) in [4.78, 5) is 38.6. The Labute approximate surface area is 194 Å². The van der Waals surface area contributed by atoms with Crippen molar-refractivity contribution in [3.05, 3.63) is 106 Å². The Morgan fingerprint density at radius 1 is 0.912 bits per heavy atom. The second kappa shape index (κ2) is 9.66. The number of nitrogens with one attached hydrogen (secondary N) is 1. The van der Waals surface area contributed by atoms with E-state index in [1.54, 1.807) is 73.7 Å². The summed E-state index contributed by atoms with van der Waals surface area (Å²) >= 11 is 0. The number of esters is 1. The highest BCUT2D eigenvalue weighted by Crippen LogP contribution is 2.17. The van der Waals surface area contributed by atoms with Crippen molar-refractivity contribution in [1.82, 2.24) is 15.1 Å². The zero-order valence-corrected chi connectivity index (χ0v) is 18.6. The van der Waals surface area contributed by atoms with Crippen LogP contribution >= 0.6 is 0 Å². The molecule has 0 radical (unpaired) electrons. The lowest BCUT2D eigenvalue weighted by atomic mass is 10.1. The van der Waals surface area contributed by atoms with E-state index < -0.39 is 24.0 Å². The van der Waals surface area contributed by atoms with Crippen LogP contribution in [-0.2, 0) is 9.53 Å². The summed E-state index contributed by atoms with van der Waals surface area (Å²) in [5.74, 6) is -1.73. The van der Waals surface area contributed by atoms with Crippen LogP contribution in [0.1, 0.15) is 35.9 Å². The van der Waals surface area contributed by atoms with Gasteiger partial charge in [0.15, 0.2) is 11.8 Å². The van der Waals surface area contributed by atoms with Crippen LogP contribution in [0.3, 0.4) is 0 Å². The zero-order chi connectivity index (χ0) is 24.2. The lowest BCUT2D eigenvalue weighted by molar-refractivity contribution is -0.129. The molecule has 0 spiro atoms. The normalized spacial score (nSPS) is 12.7. The zero-order valence-electron chi connectivity index (χ0n) is 18.6. The number of nitrogens with zero attached hydrogens (tertiary/aromatic N) is 2. The number of carbonyl (C=O) groups is 2. The van der Waals surface area contributed by atoms with Crippen molar-refractivity contribution in [3.63, 3.8) is 0 Å². The van der Waals surface area contributed by atoms with Gasteiger partial charge in [0, 0.05) is 5.39 Å². The van der Waals surface area contributed by atoms with E-state index in [1.165, 1.54) is 19.1 Å². The van der Waals surface area contributed by atoms with Gasteiger partial charge in [-0.1, -0.05) is 48.5 Å². The Morgan fingerprint density at radius 2 is 1.53 bits per heavy atom. The molecule has 0 unspecified atom stereocenters. The van der Waals surface area contributed by atoms with Crippen molar-refractivity contribution in [2.24, 2.45) is 0 Å². The molecule has 3 aromatic carbocycles. The molecule has 0 aliphatic rings. The van der Waals surface area contributed by atoms with E-state index in [-0.39, 0.29) is 17.1 Å². The van der Waals surface area contributed by atoms with Gasteiger partial charge < -0.3 is 10.1 Å². The first-order valence-electron chi connectivity index (χ1n) is 10.7. The summed E-state index contributed by atoms with van der Waals surface area (Å²) in [6, 6.07) is 20.6. The number of fused-ring (bicyclic) bond motifs is 1. The summed E-state index contributed by atoms with van der Waals surface area (Å²) in [6.07, 6.45) is -1.13. The fraction of sp³-hybridized carbons (Fsp3) is 0.154. The third-order valence-corrected chi connectivity index (χ3v) is 5.38. The third-order valence-electron chi connectivity index (χ3n) is 5.38. The van der Waals surface area contributed by atoms with Gasteiger partial charge >= 0.3 is 5.97 Å². The van der Waals surface area contributed by atoms with Crippen LogP contribution in [0.2, 0.25) is 0 Å². The van der Waals surface area contributed by atoms with Crippen LogP contribution < -0.4 is 10.9 Å². The van der Waals surface area contributed by atoms with E-state index in [1.807, 2.05) is 0 Å². The van der Waals surface area contributed by atoms with Crippen LogP contribution in [0.25, 0.3) is 16.5 Å². The van der Waals surface area contributed by atoms with Crippen molar-refractivity contribution in [3.8, 4) is 5.69 Å². The highest BCUT2D eigenvalue weighted by molar-refractivity contribution is 6.03. The number of amides is 1. The minimum absolute atomic E-state index is 0.0784. The predicted molar refractivity (Wildman–Crippen MR) is 125 cm³/mol. The van der Waals surface area contributed by atoms with Crippen LogP contribution in [0.15, 0.2) is 83.7 Å². The largest absolute Gasteiger partial charge is 0.448 e. The van der Waals surface area contributed by atoms with E-state index in [9.17, 15) is 18.8 Å². The van der Waals surface area contributed by atoms with Crippen molar-refractivity contribution < 1.29 is 18.7 Å². The maximum absolute atomic E-state index is 13.1. The minimum Gasteiger partial charge on any atom is -0.448 e. The van der Waals surface area contributed by atoms with E-state index in [0.29, 0.717) is 22.0 Å². The smallest absolute Gasteiger partial charge is 0.360 e. The van der Waals surface area contributed by atoms with Gasteiger partial charge in [-0.2, -0.15) is 9.78 Å². The lowest BCUT2D eigenvalue weighted by Crippen LogP contribution is -2.37. The monoisotopic (exact) mass is 459 g/mol. The van der Waals surface area contributed by atoms with Gasteiger partial charge in [-0.15, -0.1) is 0 Å². The van der Waals surface area contributed by atoms with Gasteiger partial charge in [-0.25, -0.2) is 9.18 Å². The number of carbonyl (C=O) groups excluding carboxylic acids is 2. The summed E-state index contributed by atoms with van der Waals surface area (Å²) < 4.78 is 19.7. The van der Waals surface area contributed by atoms with Gasteiger partial charge in [-0.05, 0) is 49.7 Å². The quantitative estimate of drug-likeness (QED) is 0.441. The van der Waals surface area contributed by atoms with E-state index in [2.05, 4.69) is 10.4 Å². The van der Waals surface area contributed by atoms with Crippen LogP contribution in [0, 0.1) is 5.82 Å². The van der Waals surface area contributed by atoms with Gasteiger partial charge in [-0.3, -0.25) is 9.59 Å². The molecule has 172 valence electrons. The topological polar surface area (TPSA) is 90.3 Å². The molecule has 0 bridgehead atoms. The first kappa shape index (κ1) is 22.8. The Hall–Kier alpha value is -4.33.